The lowest BCUT2D eigenvalue weighted by atomic mass is 9.90. The zero-order valence-electron chi connectivity index (χ0n) is 14.2. The second kappa shape index (κ2) is 7.49. The molecule has 5 nitrogen and oxygen atoms in total. The quantitative estimate of drug-likeness (QED) is 0.754. The Labute approximate surface area is 133 Å². The van der Waals surface area contributed by atoms with Crippen molar-refractivity contribution < 1.29 is 14.6 Å². The minimum absolute atomic E-state index is 0.117. The van der Waals surface area contributed by atoms with E-state index in [1.807, 2.05) is 46.8 Å². The normalized spacial score (nSPS) is 11.9. The van der Waals surface area contributed by atoms with Crippen LogP contribution in [0.5, 0.6) is 5.75 Å². The second-order valence-electron chi connectivity index (χ2n) is 7.18. The molecule has 0 radical (unpaired) electrons. The van der Waals surface area contributed by atoms with Crippen molar-refractivity contribution in [3.8, 4) is 5.75 Å². The summed E-state index contributed by atoms with van der Waals surface area (Å²) in [6.45, 7) is 10.6. The average Bonchev–Trinajstić information content (AvgIpc) is 2.37. The highest BCUT2D eigenvalue weighted by Gasteiger charge is 2.18. The van der Waals surface area contributed by atoms with Gasteiger partial charge in [0.15, 0.2) is 0 Å². The number of amides is 2. The summed E-state index contributed by atoms with van der Waals surface area (Å²) in [4.78, 5) is 11.9. The van der Waals surface area contributed by atoms with E-state index in [4.69, 9.17) is 9.84 Å². The second-order valence-corrected chi connectivity index (χ2v) is 7.18. The first-order chi connectivity index (χ1) is 10.1. The molecule has 0 aliphatic carbocycles. The zero-order valence-corrected chi connectivity index (χ0v) is 14.2. The van der Waals surface area contributed by atoms with E-state index >= 15 is 0 Å². The maximum absolute atomic E-state index is 11.9. The van der Waals surface area contributed by atoms with Crippen molar-refractivity contribution in [2.24, 2.45) is 5.41 Å². The van der Waals surface area contributed by atoms with E-state index in [-0.39, 0.29) is 23.7 Å². The predicted molar refractivity (Wildman–Crippen MR) is 89.3 cm³/mol. The standard InChI is InChI=1S/C17H28N2O3/c1-16(2,3)22-14-8-6-13(7-9-14)19-15(21)18-12-17(4,5)10-11-20/h6-9,20H,10-12H2,1-5H3,(H2,18,19,21). The van der Waals surface area contributed by atoms with Crippen LogP contribution in [-0.4, -0.2) is 29.9 Å². The highest BCUT2D eigenvalue weighted by molar-refractivity contribution is 5.89. The van der Waals surface area contributed by atoms with Gasteiger partial charge in [-0.1, -0.05) is 13.8 Å². The molecule has 1 rings (SSSR count). The Morgan fingerprint density at radius 3 is 2.23 bits per heavy atom. The number of ether oxygens (including phenoxy) is 1. The van der Waals surface area contributed by atoms with Crippen LogP contribution in [0.15, 0.2) is 24.3 Å². The number of aliphatic hydroxyl groups excluding tert-OH is 1. The molecule has 0 aliphatic rings. The van der Waals surface area contributed by atoms with Crippen molar-refractivity contribution in [2.45, 2.75) is 46.6 Å². The number of hydrogen-bond donors (Lipinski definition) is 3. The van der Waals surface area contributed by atoms with Gasteiger partial charge in [-0.2, -0.15) is 0 Å². The van der Waals surface area contributed by atoms with E-state index in [2.05, 4.69) is 10.6 Å². The number of benzene rings is 1. The molecular formula is C17H28N2O3. The summed E-state index contributed by atoms with van der Waals surface area (Å²) >= 11 is 0. The monoisotopic (exact) mass is 308 g/mol. The van der Waals surface area contributed by atoms with Gasteiger partial charge in [0, 0.05) is 18.8 Å². The fraction of sp³-hybridized carbons (Fsp3) is 0.588. The molecule has 5 heteroatoms. The van der Waals surface area contributed by atoms with Gasteiger partial charge in [0.05, 0.1) is 0 Å². The van der Waals surface area contributed by atoms with Crippen molar-refractivity contribution in [3.05, 3.63) is 24.3 Å². The van der Waals surface area contributed by atoms with Crippen LogP contribution in [-0.2, 0) is 0 Å². The molecule has 1 aromatic carbocycles. The Hall–Kier alpha value is -1.75. The SMILES string of the molecule is CC(C)(CCO)CNC(=O)Nc1ccc(OC(C)(C)C)cc1. The minimum atomic E-state index is -0.254. The summed E-state index contributed by atoms with van der Waals surface area (Å²) < 4.78 is 5.73. The molecule has 1 aromatic rings. The number of nitrogens with one attached hydrogen (secondary N) is 2. The van der Waals surface area contributed by atoms with Gasteiger partial charge in [-0.15, -0.1) is 0 Å². The molecule has 3 N–H and O–H groups in total. The number of urea groups is 1. The van der Waals surface area contributed by atoms with Crippen LogP contribution in [0, 0.1) is 5.41 Å². The van der Waals surface area contributed by atoms with Crippen LogP contribution >= 0.6 is 0 Å². The number of aliphatic hydroxyl groups is 1. The number of rotatable bonds is 6. The van der Waals surface area contributed by atoms with Gasteiger partial charge in [0.2, 0.25) is 0 Å². The Kier molecular flexibility index (Phi) is 6.23. The maximum atomic E-state index is 11.9. The minimum Gasteiger partial charge on any atom is -0.488 e. The van der Waals surface area contributed by atoms with Gasteiger partial charge >= 0.3 is 6.03 Å². The smallest absolute Gasteiger partial charge is 0.319 e. The van der Waals surface area contributed by atoms with E-state index < -0.39 is 0 Å². The number of anilines is 1. The largest absolute Gasteiger partial charge is 0.488 e. The van der Waals surface area contributed by atoms with E-state index in [1.165, 1.54) is 0 Å². The topological polar surface area (TPSA) is 70.6 Å². The third kappa shape index (κ3) is 7.31. The van der Waals surface area contributed by atoms with Crippen LogP contribution in [0.25, 0.3) is 0 Å². The fourth-order valence-corrected chi connectivity index (χ4v) is 1.85. The number of carbonyl (C=O) groups is 1. The Balaban J connectivity index is 2.48. The summed E-state index contributed by atoms with van der Waals surface area (Å²) in [7, 11) is 0. The highest BCUT2D eigenvalue weighted by Crippen LogP contribution is 2.21. The third-order valence-electron chi connectivity index (χ3n) is 3.05. The van der Waals surface area contributed by atoms with E-state index in [0.717, 1.165) is 5.75 Å². The first-order valence-corrected chi connectivity index (χ1v) is 7.56. The van der Waals surface area contributed by atoms with Crippen molar-refractivity contribution in [1.29, 1.82) is 0 Å². The van der Waals surface area contributed by atoms with Crippen molar-refractivity contribution >= 4 is 11.7 Å². The van der Waals surface area contributed by atoms with Gasteiger partial charge in [-0.25, -0.2) is 4.79 Å². The first kappa shape index (κ1) is 18.3. The Bertz CT molecular complexity index is 476. The van der Waals surface area contributed by atoms with Crippen LogP contribution in [0.2, 0.25) is 0 Å². The lowest BCUT2D eigenvalue weighted by Crippen LogP contribution is -2.37. The molecule has 0 bridgehead atoms. The van der Waals surface area contributed by atoms with Crippen molar-refractivity contribution in [1.82, 2.24) is 5.32 Å². The van der Waals surface area contributed by atoms with E-state index in [1.54, 1.807) is 12.1 Å². The maximum Gasteiger partial charge on any atom is 0.319 e. The molecule has 124 valence electrons. The average molecular weight is 308 g/mol. The molecule has 0 heterocycles. The molecule has 0 spiro atoms. The highest BCUT2D eigenvalue weighted by atomic mass is 16.5. The molecular weight excluding hydrogens is 280 g/mol. The van der Waals surface area contributed by atoms with Crippen molar-refractivity contribution in [2.75, 3.05) is 18.5 Å². The molecule has 2 amide bonds. The number of hydrogen-bond acceptors (Lipinski definition) is 3. The van der Waals surface area contributed by atoms with Gasteiger partial charge in [-0.3, -0.25) is 0 Å². The lowest BCUT2D eigenvalue weighted by Gasteiger charge is -2.24. The summed E-state index contributed by atoms with van der Waals surface area (Å²) in [5.41, 5.74) is 0.333. The number of carbonyl (C=O) groups excluding carboxylic acids is 1. The summed E-state index contributed by atoms with van der Waals surface area (Å²) in [6, 6.07) is 7.02. The molecule has 0 fully saturated rings. The van der Waals surface area contributed by atoms with E-state index in [0.29, 0.717) is 18.7 Å². The lowest BCUT2D eigenvalue weighted by molar-refractivity contribution is 0.131. The third-order valence-corrected chi connectivity index (χ3v) is 3.05. The summed E-state index contributed by atoms with van der Waals surface area (Å²) in [5.74, 6) is 0.766. The molecule has 0 atom stereocenters. The molecule has 22 heavy (non-hydrogen) atoms. The van der Waals surface area contributed by atoms with Crippen LogP contribution in [0.3, 0.4) is 0 Å². The molecule has 0 aromatic heterocycles. The van der Waals surface area contributed by atoms with Gasteiger partial charge < -0.3 is 20.5 Å². The Morgan fingerprint density at radius 2 is 1.73 bits per heavy atom. The van der Waals surface area contributed by atoms with Crippen molar-refractivity contribution in [3.63, 3.8) is 0 Å². The molecule has 0 saturated heterocycles. The molecule has 0 unspecified atom stereocenters. The summed E-state index contributed by atoms with van der Waals surface area (Å²) in [5, 5.41) is 14.6. The fourth-order valence-electron chi connectivity index (χ4n) is 1.85. The zero-order chi connectivity index (χ0) is 16.8. The van der Waals surface area contributed by atoms with Gasteiger partial charge in [-0.05, 0) is 56.9 Å². The van der Waals surface area contributed by atoms with Crippen LogP contribution in [0.4, 0.5) is 10.5 Å². The van der Waals surface area contributed by atoms with Crippen LogP contribution in [0.1, 0.15) is 41.0 Å². The van der Waals surface area contributed by atoms with Gasteiger partial charge in [0.25, 0.3) is 0 Å². The van der Waals surface area contributed by atoms with Gasteiger partial charge in [0.1, 0.15) is 11.4 Å². The predicted octanol–water partition coefficient (Wildman–Crippen LogP) is 3.39. The molecule has 0 saturated carbocycles. The summed E-state index contributed by atoms with van der Waals surface area (Å²) in [6.07, 6.45) is 0.645. The Morgan fingerprint density at radius 1 is 1.14 bits per heavy atom. The van der Waals surface area contributed by atoms with Crippen LogP contribution < -0.4 is 15.4 Å². The van der Waals surface area contributed by atoms with E-state index in [9.17, 15) is 4.79 Å². The first-order valence-electron chi connectivity index (χ1n) is 7.56. The molecule has 0 aliphatic heterocycles.